The number of methoxy groups -OCH3 is 1. The molecule has 3 rings (SSSR count). The van der Waals surface area contributed by atoms with Crippen LogP contribution in [0.5, 0.6) is 11.5 Å². The van der Waals surface area contributed by atoms with Gasteiger partial charge in [0, 0.05) is 51.5 Å². The minimum Gasteiger partial charge on any atom is -0.506 e. The molecule has 0 bridgehead atoms. The molecule has 0 aliphatic carbocycles. The minimum atomic E-state index is -0.899. The van der Waals surface area contributed by atoms with E-state index in [4.69, 9.17) is 9.47 Å². The van der Waals surface area contributed by atoms with Crippen molar-refractivity contribution in [1.29, 1.82) is 0 Å². The SMILES string of the molecule is COc1ccc(CCCC(C)(C)C)c(N2CCC(COc3cccc([CH-]CP(C)O)c3)CC2)c1.[V]. The van der Waals surface area contributed by atoms with Gasteiger partial charge in [-0.2, -0.15) is 18.1 Å². The van der Waals surface area contributed by atoms with Crippen LogP contribution in [-0.2, 0) is 25.0 Å². The molecule has 4 nitrogen and oxygen atoms in total. The number of nitrogens with zero attached hydrogens (tertiary/aromatic N) is 1. The van der Waals surface area contributed by atoms with Crippen molar-refractivity contribution in [2.24, 2.45) is 11.3 Å². The summed E-state index contributed by atoms with van der Waals surface area (Å²) in [6.07, 6.45) is 8.63. The summed E-state index contributed by atoms with van der Waals surface area (Å²) in [5.74, 6) is 2.43. The molecule has 0 saturated carbocycles. The molecule has 0 spiro atoms. The Labute approximate surface area is 226 Å². The largest absolute Gasteiger partial charge is 0.506 e. The Bertz CT molecular complexity index is 892. The first kappa shape index (κ1) is 29.9. The smallest absolute Gasteiger partial charge is 0.120 e. The number of hydrogen-bond donors (Lipinski definition) is 1. The van der Waals surface area contributed by atoms with Crippen LogP contribution in [0.15, 0.2) is 42.5 Å². The van der Waals surface area contributed by atoms with Gasteiger partial charge in [0.05, 0.1) is 19.5 Å². The second-order valence-electron chi connectivity index (χ2n) is 10.8. The molecule has 1 heterocycles. The number of anilines is 1. The van der Waals surface area contributed by atoms with E-state index in [0.717, 1.165) is 62.2 Å². The molecule has 1 unspecified atom stereocenters. The molecule has 193 valence electrons. The van der Waals surface area contributed by atoms with Crippen LogP contribution in [0.25, 0.3) is 0 Å². The number of piperidine rings is 1. The molecule has 1 atom stereocenters. The fourth-order valence-corrected chi connectivity index (χ4v) is 4.98. The van der Waals surface area contributed by atoms with E-state index in [1.165, 1.54) is 24.1 Å². The Hall–Kier alpha value is -1.32. The molecule has 1 radical (unpaired) electrons. The third kappa shape index (κ3) is 10.3. The van der Waals surface area contributed by atoms with E-state index in [1.54, 1.807) is 7.11 Å². The minimum absolute atomic E-state index is 0. The number of rotatable bonds is 11. The van der Waals surface area contributed by atoms with Crippen LogP contribution < -0.4 is 14.4 Å². The van der Waals surface area contributed by atoms with E-state index >= 15 is 0 Å². The van der Waals surface area contributed by atoms with Gasteiger partial charge in [0.15, 0.2) is 0 Å². The summed E-state index contributed by atoms with van der Waals surface area (Å²) >= 11 is 0. The van der Waals surface area contributed by atoms with Crippen molar-refractivity contribution >= 4 is 13.8 Å². The van der Waals surface area contributed by atoms with Gasteiger partial charge in [-0.25, -0.2) is 0 Å². The zero-order chi connectivity index (χ0) is 24.6. The van der Waals surface area contributed by atoms with E-state index < -0.39 is 8.15 Å². The van der Waals surface area contributed by atoms with Crippen LogP contribution in [0, 0.1) is 17.8 Å². The van der Waals surface area contributed by atoms with Crippen molar-refractivity contribution in [1.82, 2.24) is 0 Å². The van der Waals surface area contributed by atoms with E-state index in [9.17, 15) is 4.89 Å². The first-order valence-electron chi connectivity index (χ1n) is 12.6. The predicted octanol–water partition coefficient (Wildman–Crippen LogP) is 6.93. The van der Waals surface area contributed by atoms with Crippen molar-refractivity contribution in [3.05, 3.63) is 60.0 Å². The summed E-state index contributed by atoms with van der Waals surface area (Å²) in [4.78, 5) is 12.1. The van der Waals surface area contributed by atoms with Gasteiger partial charge in [-0.1, -0.05) is 26.8 Å². The van der Waals surface area contributed by atoms with Gasteiger partial charge in [-0.05, 0) is 74.0 Å². The van der Waals surface area contributed by atoms with Crippen molar-refractivity contribution < 1.29 is 32.9 Å². The van der Waals surface area contributed by atoms with E-state index in [1.807, 2.05) is 18.8 Å². The molecule has 35 heavy (non-hydrogen) atoms. The molecular weight excluding hydrogens is 492 g/mol. The van der Waals surface area contributed by atoms with Gasteiger partial charge in [-0.3, -0.25) is 0 Å². The first-order chi connectivity index (χ1) is 16.2. The molecule has 1 aliphatic heterocycles. The van der Waals surface area contributed by atoms with E-state index in [2.05, 4.69) is 62.4 Å². The third-order valence-electron chi connectivity index (χ3n) is 6.56. The van der Waals surface area contributed by atoms with Crippen LogP contribution in [0.3, 0.4) is 0 Å². The predicted molar refractivity (Wildman–Crippen MR) is 146 cm³/mol. The maximum atomic E-state index is 9.57. The van der Waals surface area contributed by atoms with E-state index in [-0.39, 0.29) is 18.6 Å². The fraction of sp³-hybridized carbons (Fsp3) is 0.552. The van der Waals surface area contributed by atoms with Crippen molar-refractivity contribution in [2.45, 2.75) is 52.9 Å². The van der Waals surface area contributed by atoms with Gasteiger partial charge < -0.3 is 19.3 Å². The molecule has 2 aromatic carbocycles. The summed E-state index contributed by atoms with van der Waals surface area (Å²) in [5.41, 5.74) is 4.27. The molecule has 0 aromatic heterocycles. The molecule has 6 heteroatoms. The fourth-order valence-electron chi connectivity index (χ4n) is 4.51. The van der Waals surface area contributed by atoms with Crippen LogP contribution >= 0.6 is 8.15 Å². The Morgan fingerprint density at radius 2 is 1.83 bits per heavy atom. The third-order valence-corrected chi connectivity index (χ3v) is 7.27. The summed E-state index contributed by atoms with van der Waals surface area (Å²) in [6, 6.07) is 14.8. The number of hydrogen-bond acceptors (Lipinski definition) is 4. The average molecular weight is 536 g/mol. The van der Waals surface area contributed by atoms with Gasteiger partial charge in [0.2, 0.25) is 0 Å². The zero-order valence-corrected chi connectivity index (χ0v) is 24.5. The second-order valence-corrected chi connectivity index (χ2v) is 12.4. The Balaban J connectivity index is 0.00000432. The number of benzene rings is 2. The molecule has 2 aromatic rings. The molecule has 0 amide bonds. The molecule has 1 N–H and O–H groups in total. The number of ether oxygens (including phenoxy) is 2. The van der Waals surface area contributed by atoms with Gasteiger partial charge in [-0.15, -0.1) is 12.1 Å². The quantitative estimate of drug-likeness (QED) is 0.250. The maximum Gasteiger partial charge on any atom is 0.120 e. The Morgan fingerprint density at radius 1 is 1.09 bits per heavy atom. The zero-order valence-electron chi connectivity index (χ0n) is 22.2. The Kier molecular flexibility index (Phi) is 12.3. The van der Waals surface area contributed by atoms with Gasteiger partial charge in [0.1, 0.15) is 5.75 Å². The van der Waals surface area contributed by atoms with Crippen molar-refractivity contribution in [3.8, 4) is 11.5 Å². The Morgan fingerprint density at radius 3 is 2.49 bits per heavy atom. The summed E-state index contributed by atoms with van der Waals surface area (Å²) < 4.78 is 11.7. The van der Waals surface area contributed by atoms with E-state index in [0.29, 0.717) is 11.3 Å². The second kappa shape index (κ2) is 14.4. The van der Waals surface area contributed by atoms with Gasteiger partial charge in [0.25, 0.3) is 0 Å². The standard InChI is InChI=1S/C29H43NO3P.V/c1-29(2,3)16-7-9-25-11-12-26(32-4)21-28(25)30-17-13-24(14-18-30)22-33-27-10-6-8-23(20-27)15-19-34(5)31;/h6,8,10-12,15,20-21,24,31H,7,9,13-14,16-19,22H2,1-5H3;/q-1;. The molecule has 1 fully saturated rings. The topological polar surface area (TPSA) is 41.9 Å². The van der Waals surface area contributed by atoms with Crippen LogP contribution in [0.2, 0.25) is 0 Å². The number of aryl methyl sites for hydroxylation is 1. The maximum absolute atomic E-state index is 9.57. The van der Waals surface area contributed by atoms with Crippen molar-refractivity contribution in [2.75, 3.05) is 44.5 Å². The first-order valence-corrected chi connectivity index (χ1v) is 14.5. The summed E-state index contributed by atoms with van der Waals surface area (Å²) in [6.45, 7) is 11.7. The average Bonchev–Trinajstić information content (AvgIpc) is 2.81. The molecule has 1 aliphatic rings. The molecular formula is C29H43NO3PV-. The molecule has 1 saturated heterocycles. The van der Waals surface area contributed by atoms with Crippen LogP contribution in [0.4, 0.5) is 5.69 Å². The van der Waals surface area contributed by atoms with Crippen LogP contribution in [0.1, 0.15) is 57.6 Å². The van der Waals surface area contributed by atoms with Crippen LogP contribution in [-0.4, -0.2) is 44.5 Å². The monoisotopic (exact) mass is 535 g/mol. The van der Waals surface area contributed by atoms with Crippen molar-refractivity contribution in [3.63, 3.8) is 0 Å². The summed E-state index contributed by atoms with van der Waals surface area (Å²) in [7, 11) is 0.851. The summed E-state index contributed by atoms with van der Waals surface area (Å²) in [5, 5.41) is 0. The van der Waals surface area contributed by atoms with Gasteiger partial charge >= 0.3 is 0 Å². The normalized spacial score (nSPS) is 15.3.